The van der Waals surface area contributed by atoms with E-state index < -0.39 is 0 Å². The van der Waals surface area contributed by atoms with Gasteiger partial charge in [0.15, 0.2) is 0 Å². The lowest BCUT2D eigenvalue weighted by Crippen LogP contribution is -2.59. The van der Waals surface area contributed by atoms with Crippen molar-refractivity contribution < 1.29 is 0 Å². The summed E-state index contributed by atoms with van der Waals surface area (Å²) in [5, 5.41) is 0. The Hall–Kier alpha value is -0.120. The summed E-state index contributed by atoms with van der Waals surface area (Å²) in [6, 6.07) is 0.339. The van der Waals surface area contributed by atoms with Crippen LogP contribution in [-0.4, -0.2) is 55.1 Å². The largest absolute Gasteiger partial charge is 0.326 e. The summed E-state index contributed by atoms with van der Waals surface area (Å²) in [5.74, 6) is 0. The van der Waals surface area contributed by atoms with Crippen molar-refractivity contribution in [3.05, 3.63) is 0 Å². The Kier molecular flexibility index (Phi) is 4.56. The summed E-state index contributed by atoms with van der Waals surface area (Å²) < 4.78 is 0. The standard InChI is InChI=1S/C12H27N3/c1-12(2)11(13)7-5-9-15(12)10-6-8-14(3)4/h11H,5-10,13H2,1-4H3. The predicted octanol–water partition coefficient (Wildman–Crippen LogP) is 1.14. The highest BCUT2D eigenvalue weighted by Gasteiger charge is 2.35. The maximum atomic E-state index is 6.18. The van der Waals surface area contributed by atoms with Gasteiger partial charge in [-0.1, -0.05) is 0 Å². The molecule has 1 aliphatic heterocycles. The van der Waals surface area contributed by atoms with Gasteiger partial charge in [-0.3, -0.25) is 4.90 Å². The van der Waals surface area contributed by atoms with Crippen molar-refractivity contribution in [1.29, 1.82) is 0 Å². The van der Waals surface area contributed by atoms with Gasteiger partial charge in [-0.2, -0.15) is 0 Å². The highest BCUT2D eigenvalue weighted by Crippen LogP contribution is 2.26. The van der Waals surface area contributed by atoms with Crippen LogP contribution in [0.2, 0.25) is 0 Å². The lowest BCUT2D eigenvalue weighted by Gasteiger charge is -2.46. The molecule has 3 nitrogen and oxygen atoms in total. The van der Waals surface area contributed by atoms with E-state index in [-0.39, 0.29) is 5.54 Å². The van der Waals surface area contributed by atoms with E-state index in [9.17, 15) is 0 Å². The van der Waals surface area contributed by atoms with E-state index in [2.05, 4.69) is 37.7 Å². The highest BCUT2D eigenvalue weighted by atomic mass is 15.2. The van der Waals surface area contributed by atoms with Crippen LogP contribution in [0.3, 0.4) is 0 Å². The molecule has 0 radical (unpaired) electrons. The summed E-state index contributed by atoms with van der Waals surface area (Å²) in [4.78, 5) is 4.81. The van der Waals surface area contributed by atoms with Crippen LogP contribution in [0.4, 0.5) is 0 Å². The maximum Gasteiger partial charge on any atom is 0.0304 e. The smallest absolute Gasteiger partial charge is 0.0304 e. The number of rotatable bonds is 4. The first-order valence-electron chi connectivity index (χ1n) is 6.10. The first-order chi connectivity index (χ1) is 6.94. The molecular weight excluding hydrogens is 186 g/mol. The van der Waals surface area contributed by atoms with Gasteiger partial charge in [0, 0.05) is 11.6 Å². The van der Waals surface area contributed by atoms with Crippen molar-refractivity contribution in [2.45, 2.75) is 44.7 Å². The van der Waals surface area contributed by atoms with Crippen LogP contribution < -0.4 is 5.73 Å². The average Bonchev–Trinajstić information content (AvgIpc) is 2.12. The summed E-state index contributed by atoms with van der Waals surface area (Å²) >= 11 is 0. The van der Waals surface area contributed by atoms with Crippen LogP contribution in [0.25, 0.3) is 0 Å². The molecule has 0 saturated carbocycles. The zero-order chi connectivity index (χ0) is 11.5. The topological polar surface area (TPSA) is 32.5 Å². The fraction of sp³-hybridized carbons (Fsp3) is 1.00. The van der Waals surface area contributed by atoms with Crippen LogP contribution in [0.1, 0.15) is 33.1 Å². The first kappa shape index (κ1) is 12.9. The van der Waals surface area contributed by atoms with Gasteiger partial charge in [0.2, 0.25) is 0 Å². The minimum Gasteiger partial charge on any atom is -0.326 e. The SMILES string of the molecule is CN(C)CCCN1CCCC(N)C1(C)C. The second kappa shape index (κ2) is 5.28. The summed E-state index contributed by atoms with van der Waals surface area (Å²) in [7, 11) is 4.26. The van der Waals surface area contributed by atoms with Gasteiger partial charge < -0.3 is 10.6 Å². The Balaban J connectivity index is 2.39. The second-order valence-electron chi connectivity index (χ2n) is 5.55. The van der Waals surface area contributed by atoms with Crippen molar-refractivity contribution in [3.63, 3.8) is 0 Å². The van der Waals surface area contributed by atoms with Gasteiger partial charge in [0.1, 0.15) is 0 Å². The minimum absolute atomic E-state index is 0.185. The molecule has 2 N–H and O–H groups in total. The zero-order valence-corrected chi connectivity index (χ0v) is 10.8. The average molecular weight is 213 g/mol. The van der Waals surface area contributed by atoms with Gasteiger partial charge in [0.25, 0.3) is 0 Å². The lowest BCUT2D eigenvalue weighted by molar-refractivity contribution is 0.0548. The van der Waals surface area contributed by atoms with Crippen molar-refractivity contribution in [3.8, 4) is 0 Å². The van der Waals surface area contributed by atoms with E-state index in [1.165, 1.54) is 38.9 Å². The first-order valence-corrected chi connectivity index (χ1v) is 6.10. The molecule has 0 amide bonds. The number of nitrogens with zero attached hydrogens (tertiary/aromatic N) is 2. The summed E-state index contributed by atoms with van der Waals surface area (Å²) in [6.07, 6.45) is 3.67. The third kappa shape index (κ3) is 3.44. The van der Waals surface area contributed by atoms with E-state index in [0.717, 1.165) is 0 Å². The summed E-state index contributed by atoms with van der Waals surface area (Å²) in [5.41, 5.74) is 6.37. The van der Waals surface area contributed by atoms with Crippen LogP contribution in [-0.2, 0) is 0 Å². The van der Waals surface area contributed by atoms with Crippen molar-refractivity contribution in [1.82, 2.24) is 9.80 Å². The Morgan fingerprint density at radius 3 is 2.67 bits per heavy atom. The molecule has 0 aromatic heterocycles. The van der Waals surface area contributed by atoms with Crippen molar-refractivity contribution >= 4 is 0 Å². The molecule has 90 valence electrons. The van der Waals surface area contributed by atoms with Crippen molar-refractivity contribution in [2.24, 2.45) is 5.73 Å². The van der Waals surface area contributed by atoms with Crippen LogP contribution in [0, 0.1) is 0 Å². The molecule has 1 unspecified atom stereocenters. The number of nitrogens with two attached hydrogens (primary N) is 1. The molecule has 3 heteroatoms. The molecule has 1 saturated heterocycles. The molecule has 1 rings (SSSR count). The molecule has 0 aromatic rings. The van der Waals surface area contributed by atoms with Gasteiger partial charge in [-0.05, 0) is 66.8 Å². The second-order valence-corrected chi connectivity index (χ2v) is 5.55. The van der Waals surface area contributed by atoms with Crippen LogP contribution in [0.5, 0.6) is 0 Å². The number of hydrogen-bond acceptors (Lipinski definition) is 3. The molecule has 1 aliphatic rings. The Morgan fingerprint density at radius 1 is 1.40 bits per heavy atom. The summed E-state index contributed by atoms with van der Waals surface area (Å²) in [6.45, 7) is 8.13. The van der Waals surface area contributed by atoms with Crippen LogP contribution in [0.15, 0.2) is 0 Å². The fourth-order valence-electron chi connectivity index (χ4n) is 2.36. The number of piperidine rings is 1. The zero-order valence-electron chi connectivity index (χ0n) is 10.8. The molecule has 1 heterocycles. The third-order valence-electron chi connectivity index (χ3n) is 3.70. The molecule has 0 aliphatic carbocycles. The third-order valence-corrected chi connectivity index (χ3v) is 3.70. The van der Waals surface area contributed by atoms with E-state index in [0.29, 0.717) is 6.04 Å². The maximum absolute atomic E-state index is 6.18. The van der Waals surface area contributed by atoms with Gasteiger partial charge in [0.05, 0.1) is 0 Å². The Morgan fingerprint density at radius 2 is 2.07 bits per heavy atom. The monoisotopic (exact) mass is 213 g/mol. The van der Waals surface area contributed by atoms with E-state index in [1.54, 1.807) is 0 Å². The van der Waals surface area contributed by atoms with E-state index in [4.69, 9.17) is 5.73 Å². The molecule has 1 fully saturated rings. The Labute approximate surface area is 94.6 Å². The van der Waals surface area contributed by atoms with Gasteiger partial charge in [-0.15, -0.1) is 0 Å². The molecule has 0 aromatic carbocycles. The molecule has 1 atom stereocenters. The molecule has 0 spiro atoms. The molecular formula is C12H27N3. The van der Waals surface area contributed by atoms with Gasteiger partial charge in [-0.25, -0.2) is 0 Å². The molecule has 0 bridgehead atoms. The van der Waals surface area contributed by atoms with Gasteiger partial charge >= 0.3 is 0 Å². The normalized spacial score (nSPS) is 27.2. The molecule has 15 heavy (non-hydrogen) atoms. The highest BCUT2D eigenvalue weighted by molar-refractivity contribution is 4.95. The van der Waals surface area contributed by atoms with E-state index in [1.807, 2.05) is 0 Å². The number of hydrogen-bond donors (Lipinski definition) is 1. The fourth-order valence-corrected chi connectivity index (χ4v) is 2.36. The predicted molar refractivity (Wildman–Crippen MR) is 66.0 cm³/mol. The minimum atomic E-state index is 0.185. The Bertz CT molecular complexity index is 189. The van der Waals surface area contributed by atoms with E-state index >= 15 is 0 Å². The number of likely N-dealkylation sites (tertiary alicyclic amines) is 1. The lowest BCUT2D eigenvalue weighted by atomic mass is 9.85. The quantitative estimate of drug-likeness (QED) is 0.760. The van der Waals surface area contributed by atoms with Crippen LogP contribution >= 0.6 is 0 Å². The van der Waals surface area contributed by atoms with Crippen molar-refractivity contribution in [2.75, 3.05) is 33.7 Å².